The Morgan fingerprint density at radius 1 is 1.32 bits per heavy atom. The van der Waals surface area contributed by atoms with Crippen molar-refractivity contribution in [2.75, 3.05) is 0 Å². The van der Waals surface area contributed by atoms with Crippen LogP contribution in [0.3, 0.4) is 0 Å². The maximum absolute atomic E-state index is 11.5. The summed E-state index contributed by atoms with van der Waals surface area (Å²) in [6.07, 6.45) is 3.56. The van der Waals surface area contributed by atoms with Gasteiger partial charge in [0.05, 0.1) is 5.92 Å². The van der Waals surface area contributed by atoms with E-state index >= 15 is 0 Å². The van der Waals surface area contributed by atoms with Crippen LogP contribution in [0.5, 0.6) is 0 Å². The summed E-state index contributed by atoms with van der Waals surface area (Å²) in [6, 6.07) is 9.32. The first-order valence-corrected chi connectivity index (χ1v) is 6.38. The Morgan fingerprint density at radius 2 is 2.00 bits per heavy atom. The summed E-state index contributed by atoms with van der Waals surface area (Å²) in [5.41, 5.74) is 0.818. The van der Waals surface area contributed by atoms with E-state index in [1.807, 2.05) is 41.1 Å². The number of imidazole rings is 1. The molecule has 1 aromatic carbocycles. The molecule has 0 aliphatic heterocycles. The topological polar surface area (TPSA) is 55.1 Å². The second-order valence-corrected chi connectivity index (χ2v) is 4.89. The van der Waals surface area contributed by atoms with Crippen molar-refractivity contribution in [3.05, 3.63) is 54.1 Å². The molecule has 0 radical (unpaired) electrons. The third-order valence-electron chi connectivity index (χ3n) is 3.14. The van der Waals surface area contributed by atoms with Crippen molar-refractivity contribution in [2.45, 2.75) is 32.2 Å². The predicted octanol–water partition coefficient (Wildman–Crippen LogP) is 2.87. The van der Waals surface area contributed by atoms with Gasteiger partial charge in [0.2, 0.25) is 0 Å². The highest BCUT2D eigenvalue weighted by Gasteiger charge is 2.21. The van der Waals surface area contributed by atoms with Gasteiger partial charge in [0.15, 0.2) is 0 Å². The van der Waals surface area contributed by atoms with E-state index in [2.05, 4.69) is 18.8 Å². The summed E-state index contributed by atoms with van der Waals surface area (Å²) < 4.78 is 1.93. The lowest BCUT2D eigenvalue weighted by Gasteiger charge is -2.16. The molecular weight excluding hydrogens is 240 g/mol. The van der Waals surface area contributed by atoms with Crippen molar-refractivity contribution in [1.29, 1.82) is 0 Å². The third kappa shape index (κ3) is 3.02. The average molecular weight is 258 g/mol. The second-order valence-electron chi connectivity index (χ2n) is 4.89. The summed E-state index contributed by atoms with van der Waals surface area (Å²) in [4.78, 5) is 15.8. The van der Waals surface area contributed by atoms with Crippen molar-refractivity contribution in [2.24, 2.45) is 0 Å². The van der Waals surface area contributed by atoms with E-state index < -0.39 is 11.9 Å². The van der Waals surface area contributed by atoms with Crippen LogP contribution in [-0.2, 0) is 11.3 Å². The van der Waals surface area contributed by atoms with E-state index in [9.17, 15) is 9.90 Å². The largest absolute Gasteiger partial charge is 0.481 e. The fourth-order valence-electron chi connectivity index (χ4n) is 2.18. The molecular formula is C15H18N2O2. The van der Waals surface area contributed by atoms with E-state index in [-0.39, 0.29) is 5.92 Å². The smallest absolute Gasteiger partial charge is 0.312 e. The van der Waals surface area contributed by atoms with Crippen molar-refractivity contribution in [1.82, 2.24) is 9.55 Å². The third-order valence-corrected chi connectivity index (χ3v) is 3.14. The van der Waals surface area contributed by atoms with E-state index in [0.29, 0.717) is 6.54 Å². The van der Waals surface area contributed by atoms with Gasteiger partial charge >= 0.3 is 5.97 Å². The predicted molar refractivity (Wildman–Crippen MR) is 73.1 cm³/mol. The minimum atomic E-state index is -0.811. The molecule has 0 saturated carbocycles. The first-order valence-electron chi connectivity index (χ1n) is 6.38. The fraction of sp³-hybridized carbons (Fsp3) is 0.333. The summed E-state index contributed by atoms with van der Waals surface area (Å²) in [5, 5.41) is 9.42. The normalized spacial score (nSPS) is 12.6. The van der Waals surface area contributed by atoms with Gasteiger partial charge in [0, 0.05) is 24.9 Å². The average Bonchev–Trinajstić information content (AvgIpc) is 2.85. The molecule has 1 heterocycles. The van der Waals surface area contributed by atoms with Gasteiger partial charge in [-0.2, -0.15) is 0 Å². The van der Waals surface area contributed by atoms with Crippen molar-refractivity contribution >= 4 is 5.97 Å². The number of hydrogen-bond acceptors (Lipinski definition) is 2. The molecule has 4 heteroatoms. The molecule has 0 spiro atoms. The Hall–Kier alpha value is -2.10. The maximum atomic E-state index is 11.5. The van der Waals surface area contributed by atoms with Crippen LogP contribution >= 0.6 is 0 Å². The zero-order chi connectivity index (χ0) is 13.8. The van der Waals surface area contributed by atoms with E-state index in [1.165, 1.54) is 0 Å². The minimum absolute atomic E-state index is 0.278. The number of aromatic nitrogens is 2. The molecule has 0 saturated heterocycles. The van der Waals surface area contributed by atoms with E-state index in [1.54, 1.807) is 6.20 Å². The summed E-state index contributed by atoms with van der Waals surface area (Å²) in [7, 11) is 0. The van der Waals surface area contributed by atoms with E-state index in [4.69, 9.17) is 0 Å². The van der Waals surface area contributed by atoms with Gasteiger partial charge in [-0.1, -0.05) is 44.2 Å². The fourth-order valence-corrected chi connectivity index (χ4v) is 2.18. The minimum Gasteiger partial charge on any atom is -0.481 e. The Balaban J connectivity index is 2.27. The highest BCUT2D eigenvalue weighted by molar-refractivity contribution is 5.75. The van der Waals surface area contributed by atoms with Gasteiger partial charge < -0.3 is 9.67 Å². The monoisotopic (exact) mass is 258 g/mol. The first-order chi connectivity index (χ1) is 9.09. The van der Waals surface area contributed by atoms with Crippen LogP contribution in [-0.4, -0.2) is 20.6 Å². The quantitative estimate of drug-likeness (QED) is 0.897. The number of rotatable bonds is 5. The Kier molecular flexibility index (Phi) is 4.00. The van der Waals surface area contributed by atoms with Crippen LogP contribution in [0.15, 0.2) is 42.7 Å². The number of carbonyl (C=O) groups is 1. The number of benzene rings is 1. The molecule has 2 aromatic rings. The number of aliphatic carboxylic acids is 1. The van der Waals surface area contributed by atoms with Gasteiger partial charge in [0.1, 0.15) is 5.82 Å². The van der Waals surface area contributed by atoms with Crippen LogP contribution in [0.1, 0.15) is 37.1 Å². The second kappa shape index (κ2) is 5.69. The van der Waals surface area contributed by atoms with Crippen LogP contribution in [0, 0.1) is 0 Å². The highest BCUT2D eigenvalue weighted by atomic mass is 16.4. The van der Waals surface area contributed by atoms with Gasteiger partial charge in [-0.3, -0.25) is 4.79 Å². The Bertz CT molecular complexity index is 546. The van der Waals surface area contributed by atoms with Gasteiger partial charge in [0.25, 0.3) is 0 Å². The molecule has 0 bridgehead atoms. The molecule has 1 unspecified atom stereocenters. The van der Waals surface area contributed by atoms with Gasteiger partial charge in [-0.25, -0.2) is 4.98 Å². The molecule has 2 rings (SSSR count). The lowest BCUT2D eigenvalue weighted by molar-refractivity contribution is -0.139. The Morgan fingerprint density at radius 3 is 2.58 bits per heavy atom. The molecule has 0 fully saturated rings. The number of hydrogen-bond donors (Lipinski definition) is 1. The molecule has 0 amide bonds. The van der Waals surface area contributed by atoms with Crippen LogP contribution in [0.2, 0.25) is 0 Å². The van der Waals surface area contributed by atoms with Crippen molar-refractivity contribution in [3.63, 3.8) is 0 Å². The molecule has 1 N–H and O–H groups in total. The summed E-state index contributed by atoms with van der Waals surface area (Å²) in [5.74, 6) is -0.162. The SMILES string of the molecule is CC(C)c1nccn1CC(C(=O)O)c1ccccc1. The van der Waals surface area contributed by atoms with Gasteiger partial charge in [-0.05, 0) is 5.56 Å². The zero-order valence-electron chi connectivity index (χ0n) is 11.2. The number of carboxylic acid groups (broad SMARTS) is 1. The van der Waals surface area contributed by atoms with E-state index in [0.717, 1.165) is 11.4 Å². The molecule has 0 aliphatic carbocycles. The first kappa shape index (κ1) is 13.3. The molecule has 1 aromatic heterocycles. The number of carboxylic acids is 1. The number of nitrogens with zero attached hydrogens (tertiary/aromatic N) is 2. The molecule has 100 valence electrons. The van der Waals surface area contributed by atoms with Crippen LogP contribution < -0.4 is 0 Å². The van der Waals surface area contributed by atoms with Crippen molar-refractivity contribution in [3.8, 4) is 0 Å². The van der Waals surface area contributed by atoms with Crippen molar-refractivity contribution < 1.29 is 9.90 Å². The van der Waals surface area contributed by atoms with Crippen LogP contribution in [0.4, 0.5) is 0 Å². The molecule has 0 aliphatic rings. The van der Waals surface area contributed by atoms with Crippen LogP contribution in [0.25, 0.3) is 0 Å². The Labute approximate surface area is 112 Å². The highest BCUT2D eigenvalue weighted by Crippen LogP contribution is 2.21. The molecule has 4 nitrogen and oxygen atoms in total. The lowest BCUT2D eigenvalue weighted by Crippen LogP contribution is -2.19. The summed E-state index contributed by atoms with van der Waals surface area (Å²) >= 11 is 0. The molecule has 1 atom stereocenters. The maximum Gasteiger partial charge on any atom is 0.312 e. The summed E-state index contributed by atoms with van der Waals surface area (Å²) in [6.45, 7) is 4.51. The molecule has 19 heavy (non-hydrogen) atoms. The van der Waals surface area contributed by atoms with Gasteiger partial charge in [-0.15, -0.1) is 0 Å². The zero-order valence-corrected chi connectivity index (χ0v) is 11.2. The lowest BCUT2D eigenvalue weighted by atomic mass is 9.99. The standard InChI is InChI=1S/C15H18N2O2/c1-11(2)14-16-8-9-17(14)10-13(15(18)19)12-6-4-3-5-7-12/h3-9,11,13H,10H2,1-2H3,(H,18,19).